The Bertz CT molecular complexity index is 1220. The predicted molar refractivity (Wildman–Crippen MR) is 113 cm³/mol. The van der Waals surface area contributed by atoms with Crippen molar-refractivity contribution in [2.24, 2.45) is 0 Å². The van der Waals surface area contributed by atoms with E-state index in [0.29, 0.717) is 22.5 Å². The maximum absolute atomic E-state index is 11.9. The number of hydrogen-bond acceptors (Lipinski definition) is 6. The molecule has 0 fully saturated rings. The Kier molecular flexibility index (Phi) is 5.22. The van der Waals surface area contributed by atoms with Crippen molar-refractivity contribution < 1.29 is 5.21 Å². The zero-order valence-electron chi connectivity index (χ0n) is 16.0. The molecule has 0 radical (unpaired) electrons. The number of benzene rings is 2. The van der Waals surface area contributed by atoms with Crippen molar-refractivity contribution in [2.75, 3.05) is 12.4 Å². The van der Waals surface area contributed by atoms with Gasteiger partial charge in [-0.25, -0.2) is 9.78 Å². The van der Waals surface area contributed by atoms with Gasteiger partial charge in [0.15, 0.2) is 5.65 Å². The molecule has 0 unspecified atom stereocenters. The predicted octanol–water partition coefficient (Wildman–Crippen LogP) is 3.03. The maximum Gasteiger partial charge on any atom is 0.384 e. The summed E-state index contributed by atoms with van der Waals surface area (Å²) in [6, 6.07) is 20.1. The van der Waals surface area contributed by atoms with Gasteiger partial charge in [-0.15, -0.1) is 4.73 Å². The lowest BCUT2D eigenvalue weighted by atomic mass is 10.0. The number of nitrogens with one attached hydrogen (secondary N) is 2. The van der Waals surface area contributed by atoms with E-state index in [1.54, 1.807) is 12.1 Å². The fourth-order valence-corrected chi connectivity index (χ4v) is 3.29. The average molecular weight is 387 g/mol. The summed E-state index contributed by atoms with van der Waals surface area (Å²) in [5.74, 6) is 0.393. The molecule has 4 rings (SSSR count). The molecule has 0 amide bonds. The number of fused-ring (bicyclic) bond motifs is 1. The van der Waals surface area contributed by atoms with Crippen molar-refractivity contribution in [3.63, 3.8) is 0 Å². The molecule has 0 saturated carbocycles. The van der Waals surface area contributed by atoms with Gasteiger partial charge in [-0.1, -0.05) is 36.4 Å². The molecule has 2 aromatic heterocycles. The summed E-state index contributed by atoms with van der Waals surface area (Å²) in [6.07, 6.45) is 1.52. The van der Waals surface area contributed by atoms with E-state index in [0.717, 1.165) is 23.2 Å². The lowest BCUT2D eigenvalue weighted by molar-refractivity contribution is 0.182. The van der Waals surface area contributed by atoms with Gasteiger partial charge in [0, 0.05) is 19.3 Å². The first-order chi connectivity index (χ1) is 14.2. The Morgan fingerprint density at radius 1 is 0.966 bits per heavy atom. The maximum atomic E-state index is 11.9. The van der Waals surface area contributed by atoms with Crippen molar-refractivity contribution in [1.82, 2.24) is 20.0 Å². The molecule has 2 aromatic carbocycles. The topological polar surface area (TPSA) is 92.1 Å². The third-order valence-electron chi connectivity index (χ3n) is 4.66. The van der Waals surface area contributed by atoms with Crippen LogP contribution in [0.4, 0.5) is 5.82 Å². The van der Waals surface area contributed by atoms with Crippen molar-refractivity contribution in [2.45, 2.75) is 13.1 Å². The van der Waals surface area contributed by atoms with E-state index in [1.807, 2.05) is 19.2 Å². The van der Waals surface area contributed by atoms with Gasteiger partial charge in [-0.2, -0.15) is 4.98 Å². The SMILES string of the molecule is CNCc1cccc(-c2cccc(CNc3nc(=O)n(O)c4ncccc34)c2)c1. The Morgan fingerprint density at radius 2 is 1.66 bits per heavy atom. The van der Waals surface area contributed by atoms with E-state index in [-0.39, 0.29) is 5.65 Å². The van der Waals surface area contributed by atoms with Crippen LogP contribution in [0.2, 0.25) is 0 Å². The second kappa shape index (κ2) is 8.12. The molecule has 0 atom stereocenters. The van der Waals surface area contributed by atoms with E-state index in [2.05, 4.69) is 57.0 Å². The fourth-order valence-electron chi connectivity index (χ4n) is 3.29. The largest absolute Gasteiger partial charge is 0.422 e. The standard InChI is InChI=1S/C22H21N5O2/c1-23-13-15-5-2-7-17(11-15)18-8-3-6-16(12-18)14-25-20-19-9-4-10-24-21(19)27(29)22(28)26-20/h2-12,23,29H,13-14H2,1H3,(H,25,26,28). The number of nitrogens with zero attached hydrogens (tertiary/aromatic N) is 3. The molecule has 0 aliphatic carbocycles. The van der Waals surface area contributed by atoms with E-state index in [4.69, 9.17) is 0 Å². The Balaban J connectivity index is 1.60. The van der Waals surface area contributed by atoms with E-state index in [9.17, 15) is 10.0 Å². The molecule has 7 heteroatoms. The second-order valence-electron chi connectivity index (χ2n) is 6.71. The van der Waals surface area contributed by atoms with Gasteiger partial charge < -0.3 is 15.8 Å². The normalized spacial score (nSPS) is 10.9. The van der Waals surface area contributed by atoms with Crippen LogP contribution in [0.15, 0.2) is 71.7 Å². The Morgan fingerprint density at radius 3 is 2.34 bits per heavy atom. The van der Waals surface area contributed by atoms with E-state index >= 15 is 0 Å². The van der Waals surface area contributed by atoms with Crippen LogP contribution in [0.3, 0.4) is 0 Å². The third kappa shape index (κ3) is 3.95. The Hall–Kier alpha value is -3.71. The summed E-state index contributed by atoms with van der Waals surface area (Å²) >= 11 is 0. The van der Waals surface area contributed by atoms with Crippen LogP contribution < -0.4 is 16.3 Å². The zero-order chi connectivity index (χ0) is 20.2. The molecule has 0 bridgehead atoms. The van der Waals surface area contributed by atoms with Crippen LogP contribution in [0.25, 0.3) is 22.2 Å². The van der Waals surface area contributed by atoms with Crippen LogP contribution in [0.5, 0.6) is 0 Å². The second-order valence-corrected chi connectivity index (χ2v) is 6.71. The van der Waals surface area contributed by atoms with Gasteiger partial charge >= 0.3 is 5.69 Å². The fraction of sp³-hybridized carbons (Fsp3) is 0.136. The quantitative estimate of drug-likeness (QED) is 0.441. The molecule has 0 aliphatic heterocycles. The van der Waals surface area contributed by atoms with Crippen LogP contribution in [-0.4, -0.2) is 27.0 Å². The molecule has 0 spiro atoms. The molecular weight excluding hydrogens is 366 g/mol. The molecule has 0 saturated heterocycles. The first kappa shape index (κ1) is 18.6. The van der Waals surface area contributed by atoms with E-state index < -0.39 is 5.69 Å². The smallest absolute Gasteiger partial charge is 0.384 e. The van der Waals surface area contributed by atoms with Crippen LogP contribution >= 0.6 is 0 Å². The van der Waals surface area contributed by atoms with Crippen molar-refractivity contribution in [1.29, 1.82) is 0 Å². The highest BCUT2D eigenvalue weighted by Gasteiger charge is 2.10. The van der Waals surface area contributed by atoms with Crippen molar-refractivity contribution in [3.8, 4) is 11.1 Å². The van der Waals surface area contributed by atoms with Gasteiger partial charge in [-0.05, 0) is 53.6 Å². The summed E-state index contributed by atoms with van der Waals surface area (Å²) in [4.78, 5) is 19.9. The minimum atomic E-state index is -0.770. The van der Waals surface area contributed by atoms with Crippen molar-refractivity contribution in [3.05, 3.63) is 88.5 Å². The van der Waals surface area contributed by atoms with Crippen LogP contribution in [-0.2, 0) is 13.1 Å². The number of rotatable bonds is 6. The summed E-state index contributed by atoms with van der Waals surface area (Å²) in [6.45, 7) is 1.30. The number of aromatic nitrogens is 3. The van der Waals surface area contributed by atoms with Gasteiger partial charge in [0.1, 0.15) is 5.82 Å². The highest BCUT2D eigenvalue weighted by atomic mass is 16.5. The number of pyridine rings is 1. The molecule has 7 nitrogen and oxygen atoms in total. The lowest BCUT2D eigenvalue weighted by Gasteiger charge is -2.11. The van der Waals surface area contributed by atoms with Crippen molar-refractivity contribution >= 4 is 16.9 Å². The Labute approximate surface area is 167 Å². The van der Waals surface area contributed by atoms with Crippen LogP contribution in [0, 0.1) is 0 Å². The minimum absolute atomic E-state index is 0.171. The van der Waals surface area contributed by atoms with Gasteiger partial charge in [0.25, 0.3) is 0 Å². The van der Waals surface area contributed by atoms with Gasteiger partial charge in [0.2, 0.25) is 0 Å². The molecule has 29 heavy (non-hydrogen) atoms. The summed E-state index contributed by atoms with van der Waals surface area (Å²) in [5.41, 5.74) is 3.94. The lowest BCUT2D eigenvalue weighted by Crippen LogP contribution is -2.23. The minimum Gasteiger partial charge on any atom is -0.422 e. The monoisotopic (exact) mass is 387 g/mol. The molecule has 0 aliphatic rings. The molecule has 4 aromatic rings. The third-order valence-corrected chi connectivity index (χ3v) is 4.66. The molecular formula is C22H21N5O2. The van der Waals surface area contributed by atoms with E-state index in [1.165, 1.54) is 11.8 Å². The average Bonchev–Trinajstić information content (AvgIpc) is 2.76. The first-order valence-corrected chi connectivity index (χ1v) is 9.29. The molecule has 2 heterocycles. The summed E-state index contributed by atoms with van der Waals surface area (Å²) in [7, 11) is 1.93. The van der Waals surface area contributed by atoms with Gasteiger partial charge in [-0.3, -0.25) is 0 Å². The highest BCUT2D eigenvalue weighted by Crippen LogP contribution is 2.23. The molecule has 146 valence electrons. The number of anilines is 1. The summed E-state index contributed by atoms with van der Waals surface area (Å²) < 4.78 is 0.458. The van der Waals surface area contributed by atoms with Gasteiger partial charge in [0.05, 0.1) is 5.39 Å². The first-order valence-electron chi connectivity index (χ1n) is 9.29. The number of hydrogen-bond donors (Lipinski definition) is 3. The zero-order valence-corrected chi connectivity index (χ0v) is 16.0. The van der Waals surface area contributed by atoms with Crippen LogP contribution in [0.1, 0.15) is 11.1 Å². The highest BCUT2D eigenvalue weighted by molar-refractivity contribution is 5.86. The summed E-state index contributed by atoms with van der Waals surface area (Å²) in [5, 5.41) is 16.8. The molecule has 3 N–H and O–H groups in total.